The molecule has 3 rings (SSSR count). The van der Waals surface area contributed by atoms with Crippen molar-refractivity contribution < 1.29 is 0 Å². The fraction of sp³-hybridized carbons (Fsp3) is 0.294. The van der Waals surface area contributed by atoms with Crippen molar-refractivity contribution in [2.75, 3.05) is 36.0 Å². The minimum atomic E-state index is 0.754. The summed E-state index contributed by atoms with van der Waals surface area (Å²) in [5.41, 5.74) is 1.80. The molecule has 106 valence electrons. The van der Waals surface area contributed by atoms with Crippen LogP contribution in [-0.2, 0) is 0 Å². The Bertz CT molecular complexity index is 633. The Labute approximate surface area is 125 Å². The second-order valence-electron chi connectivity index (χ2n) is 5.14. The second kappa shape index (κ2) is 6.27. The van der Waals surface area contributed by atoms with Crippen LogP contribution in [-0.4, -0.2) is 31.2 Å². The predicted molar refractivity (Wildman–Crippen MR) is 84.4 cm³/mol. The van der Waals surface area contributed by atoms with Crippen LogP contribution in [0.4, 0.5) is 11.5 Å². The summed E-state index contributed by atoms with van der Waals surface area (Å²) < 4.78 is 0. The third-order valence-corrected chi connectivity index (χ3v) is 3.83. The van der Waals surface area contributed by atoms with Gasteiger partial charge < -0.3 is 9.80 Å². The molecule has 2 aromatic rings. The van der Waals surface area contributed by atoms with E-state index in [2.05, 4.69) is 26.9 Å². The molecule has 0 bridgehead atoms. The molecule has 1 saturated heterocycles. The number of hydrogen-bond acceptors (Lipinski definition) is 4. The number of benzene rings is 1. The maximum absolute atomic E-state index is 9.25. The van der Waals surface area contributed by atoms with Crippen molar-refractivity contribution in [2.24, 2.45) is 0 Å². The Balaban J connectivity index is 1.76. The Morgan fingerprint density at radius 3 is 2.48 bits per heavy atom. The highest BCUT2D eigenvalue weighted by Crippen LogP contribution is 2.22. The van der Waals surface area contributed by atoms with Crippen molar-refractivity contribution >= 4 is 11.5 Å². The van der Waals surface area contributed by atoms with Crippen LogP contribution in [0.3, 0.4) is 0 Å². The van der Waals surface area contributed by atoms with Gasteiger partial charge in [0.05, 0.1) is 11.3 Å². The molecule has 0 saturated carbocycles. The topological polar surface area (TPSA) is 43.2 Å². The summed E-state index contributed by atoms with van der Waals surface area (Å²) in [6, 6.07) is 16.1. The van der Waals surface area contributed by atoms with E-state index in [1.807, 2.05) is 42.6 Å². The van der Waals surface area contributed by atoms with Crippen molar-refractivity contribution in [2.45, 2.75) is 6.42 Å². The lowest BCUT2D eigenvalue weighted by Gasteiger charge is -2.24. The quantitative estimate of drug-likeness (QED) is 0.847. The number of pyridine rings is 1. The molecule has 1 fully saturated rings. The Kier molecular flexibility index (Phi) is 4.02. The summed E-state index contributed by atoms with van der Waals surface area (Å²) >= 11 is 0. The van der Waals surface area contributed by atoms with Crippen LogP contribution in [0.25, 0.3) is 0 Å². The number of hydrogen-bond donors (Lipinski definition) is 0. The van der Waals surface area contributed by atoms with Gasteiger partial charge in [0.1, 0.15) is 11.9 Å². The van der Waals surface area contributed by atoms with Crippen LogP contribution in [0.5, 0.6) is 0 Å². The molecular weight excluding hydrogens is 260 g/mol. The number of nitriles is 1. The Morgan fingerprint density at radius 1 is 0.905 bits per heavy atom. The van der Waals surface area contributed by atoms with E-state index in [1.165, 1.54) is 0 Å². The summed E-state index contributed by atoms with van der Waals surface area (Å²) in [6.45, 7) is 3.82. The van der Waals surface area contributed by atoms with E-state index in [-0.39, 0.29) is 0 Å². The van der Waals surface area contributed by atoms with Crippen LogP contribution in [0.2, 0.25) is 0 Å². The molecule has 0 unspecified atom stereocenters. The Morgan fingerprint density at radius 2 is 1.67 bits per heavy atom. The van der Waals surface area contributed by atoms with Crippen LogP contribution >= 0.6 is 0 Å². The monoisotopic (exact) mass is 278 g/mol. The van der Waals surface area contributed by atoms with Crippen molar-refractivity contribution in [3.8, 4) is 6.07 Å². The summed E-state index contributed by atoms with van der Waals surface area (Å²) in [5, 5.41) is 9.25. The molecule has 2 heterocycles. The van der Waals surface area contributed by atoms with Crippen molar-refractivity contribution in [3.05, 3.63) is 54.2 Å². The van der Waals surface area contributed by atoms with E-state index in [1.54, 1.807) is 0 Å². The van der Waals surface area contributed by atoms with E-state index in [0.717, 1.165) is 49.7 Å². The van der Waals surface area contributed by atoms with Crippen molar-refractivity contribution in [1.82, 2.24) is 4.98 Å². The van der Waals surface area contributed by atoms with E-state index >= 15 is 0 Å². The number of nitrogens with zero attached hydrogens (tertiary/aromatic N) is 4. The minimum absolute atomic E-state index is 0.754. The van der Waals surface area contributed by atoms with Crippen LogP contribution in [0, 0.1) is 11.3 Å². The minimum Gasteiger partial charge on any atom is -0.369 e. The molecule has 4 nitrogen and oxygen atoms in total. The SMILES string of the molecule is N#Cc1ccccc1N1CCCN(c2ccccn2)CC1. The van der Waals surface area contributed by atoms with E-state index in [9.17, 15) is 5.26 Å². The number of aromatic nitrogens is 1. The maximum atomic E-state index is 9.25. The number of anilines is 2. The molecule has 1 aliphatic heterocycles. The highest BCUT2D eigenvalue weighted by atomic mass is 15.2. The highest BCUT2D eigenvalue weighted by Gasteiger charge is 2.17. The van der Waals surface area contributed by atoms with Gasteiger partial charge in [0.15, 0.2) is 0 Å². The van der Waals surface area contributed by atoms with Gasteiger partial charge in [-0.15, -0.1) is 0 Å². The second-order valence-corrected chi connectivity index (χ2v) is 5.14. The van der Waals surface area contributed by atoms with Gasteiger partial charge in [-0.25, -0.2) is 4.98 Å². The van der Waals surface area contributed by atoms with Gasteiger partial charge in [-0.3, -0.25) is 0 Å². The summed E-state index contributed by atoms with van der Waals surface area (Å²) in [4.78, 5) is 9.05. The fourth-order valence-corrected chi connectivity index (χ4v) is 2.77. The zero-order chi connectivity index (χ0) is 14.5. The third kappa shape index (κ3) is 2.97. The summed E-state index contributed by atoms with van der Waals surface area (Å²) in [6.07, 6.45) is 2.90. The zero-order valence-electron chi connectivity index (χ0n) is 11.9. The first-order valence-electron chi connectivity index (χ1n) is 7.28. The molecule has 0 spiro atoms. The molecule has 0 N–H and O–H groups in total. The first-order valence-corrected chi connectivity index (χ1v) is 7.28. The van der Waals surface area contributed by atoms with Crippen molar-refractivity contribution in [1.29, 1.82) is 5.26 Å². The van der Waals surface area contributed by atoms with E-state index < -0.39 is 0 Å². The molecule has 4 heteroatoms. The Hall–Kier alpha value is -2.54. The van der Waals surface area contributed by atoms with Gasteiger partial charge in [-0.2, -0.15) is 5.26 Å². The molecule has 1 aromatic carbocycles. The highest BCUT2D eigenvalue weighted by molar-refractivity contribution is 5.59. The smallest absolute Gasteiger partial charge is 0.128 e. The van der Waals surface area contributed by atoms with Gasteiger partial charge in [-0.05, 0) is 30.7 Å². The molecule has 1 aliphatic rings. The lowest BCUT2D eigenvalue weighted by molar-refractivity contribution is 0.797. The van der Waals surface area contributed by atoms with Gasteiger partial charge in [0.25, 0.3) is 0 Å². The molecule has 0 amide bonds. The predicted octanol–water partition coefficient (Wildman–Crippen LogP) is 2.67. The van der Waals surface area contributed by atoms with Gasteiger partial charge in [0.2, 0.25) is 0 Å². The van der Waals surface area contributed by atoms with Crippen LogP contribution < -0.4 is 9.80 Å². The average molecular weight is 278 g/mol. The maximum Gasteiger partial charge on any atom is 0.128 e. The fourth-order valence-electron chi connectivity index (χ4n) is 2.77. The van der Waals surface area contributed by atoms with Crippen LogP contribution in [0.15, 0.2) is 48.7 Å². The van der Waals surface area contributed by atoms with E-state index in [0.29, 0.717) is 0 Å². The molecular formula is C17H18N4. The molecule has 0 aliphatic carbocycles. The molecule has 21 heavy (non-hydrogen) atoms. The standard InChI is InChI=1S/C17H18N4/c18-14-15-6-1-2-7-16(15)20-10-5-11-21(13-12-20)17-8-3-4-9-19-17/h1-4,6-9H,5,10-13H2. The largest absolute Gasteiger partial charge is 0.369 e. The van der Waals surface area contributed by atoms with Gasteiger partial charge in [-0.1, -0.05) is 18.2 Å². The summed E-state index contributed by atoms with van der Waals surface area (Å²) in [5.74, 6) is 1.04. The first kappa shape index (κ1) is 13.4. The molecule has 0 atom stereocenters. The average Bonchev–Trinajstić information content (AvgIpc) is 2.81. The third-order valence-electron chi connectivity index (χ3n) is 3.83. The zero-order valence-corrected chi connectivity index (χ0v) is 11.9. The number of para-hydroxylation sites is 1. The van der Waals surface area contributed by atoms with Crippen molar-refractivity contribution in [3.63, 3.8) is 0 Å². The first-order chi connectivity index (χ1) is 10.4. The van der Waals surface area contributed by atoms with Gasteiger partial charge >= 0.3 is 0 Å². The number of rotatable bonds is 2. The van der Waals surface area contributed by atoms with E-state index in [4.69, 9.17) is 0 Å². The normalized spacial score (nSPS) is 15.4. The van der Waals surface area contributed by atoms with Crippen LogP contribution in [0.1, 0.15) is 12.0 Å². The lowest BCUT2D eigenvalue weighted by Crippen LogP contribution is -2.31. The summed E-state index contributed by atoms with van der Waals surface area (Å²) in [7, 11) is 0. The van der Waals surface area contributed by atoms with Gasteiger partial charge in [0, 0.05) is 32.4 Å². The lowest BCUT2D eigenvalue weighted by atomic mass is 10.1. The molecule has 1 aromatic heterocycles. The molecule has 0 radical (unpaired) electrons.